The normalized spacial score (nSPS) is 11.8. The van der Waals surface area contributed by atoms with Crippen LogP contribution in [0.4, 0.5) is 18.9 Å². The van der Waals surface area contributed by atoms with Crippen molar-refractivity contribution >= 4 is 22.6 Å². The first-order valence-corrected chi connectivity index (χ1v) is 9.54. The van der Waals surface area contributed by atoms with Crippen LogP contribution < -0.4 is 10.9 Å². The Morgan fingerprint density at radius 2 is 1.90 bits per heavy atom. The molecule has 31 heavy (non-hydrogen) atoms. The second-order valence-corrected chi connectivity index (χ2v) is 7.07. The van der Waals surface area contributed by atoms with Gasteiger partial charge in [0.15, 0.2) is 0 Å². The summed E-state index contributed by atoms with van der Waals surface area (Å²) in [5.41, 5.74) is -0.583. The maximum Gasteiger partial charge on any atom is 0.418 e. The van der Waals surface area contributed by atoms with Gasteiger partial charge in [-0.15, -0.1) is 0 Å². The van der Waals surface area contributed by atoms with Gasteiger partial charge in [-0.05, 0) is 43.3 Å². The number of alkyl halides is 3. The number of hydrogen-bond acceptors (Lipinski definition) is 5. The fraction of sp³-hybridized carbons (Fsp3) is 0.273. The van der Waals surface area contributed by atoms with Gasteiger partial charge in [0.05, 0.1) is 17.8 Å². The Morgan fingerprint density at radius 3 is 2.58 bits per heavy atom. The number of aryl methyl sites for hydroxylation is 1. The highest BCUT2D eigenvalue weighted by molar-refractivity contribution is 5.93. The third kappa shape index (κ3) is 5.05. The summed E-state index contributed by atoms with van der Waals surface area (Å²) in [7, 11) is 0. The maximum absolute atomic E-state index is 13.1. The Kier molecular flexibility index (Phi) is 6.35. The molecule has 164 valence electrons. The first kappa shape index (κ1) is 22.4. The van der Waals surface area contributed by atoms with E-state index >= 15 is 0 Å². The number of amides is 1. The molecule has 2 aromatic carbocycles. The maximum atomic E-state index is 13.1. The number of likely N-dealkylation sites (N-methyl/N-ethyl adjacent to an activating group) is 1. The van der Waals surface area contributed by atoms with Crippen LogP contribution >= 0.6 is 0 Å². The number of nitrogens with one attached hydrogen (secondary N) is 1. The quantitative estimate of drug-likeness (QED) is 0.566. The number of fused-ring (bicyclic) bond motifs is 1. The van der Waals surface area contributed by atoms with Gasteiger partial charge in [-0.1, -0.05) is 19.1 Å². The number of phenols is 1. The lowest BCUT2D eigenvalue weighted by Crippen LogP contribution is -2.33. The van der Waals surface area contributed by atoms with Crippen LogP contribution in [0.1, 0.15) is 23.6 Å². The van der Waals surface area contributed by atoms with Gasteiger partial charge in [-0.25, -0.2) is 4.79 Å². The topological polar surface area (TPSA) is 82.8 Å². The Morgan fingerprint density at radius 1 is 1.19 bits per heavy atom. The van der Waals surface area contributed by atoms with E-state index in [9.17, 15) is 27.9 Å². The number of carbonyl (C=O) groups excluding carboxylic acids is 1. The number of phenolic OH excluding ortho intramolecular Hbond substituents is 1. The van der Waals surface area contributed by atoms with E-state index in [-0.39, 0.29) is 30.1 Å². The van der Waals surface area contributed by atoms with Gasteiger partial charge in [0.25, 0.3) is 0 Å². The van der Waals surface area contributed by atoms with E-state index in [1.54, 1.807) is 24.8 Å². The highest BCUT2D eigenvalue weighted by Crippen LogP contribution is 2.34. The molecular weight excluding hydrogens is 413 g/mol. The van der Waals surface area contributed by atoms with Gasteiger partial charge < -0.3 is 14.8 Å². The third-order valence-electron chi connectivity index (χ3n) is 4.93. The van der Waals surface area contributed by atoms with Crippen LogP contribution in [0.2, 0.25) is 0 Å². The molecule has 0 atom stereocenters. The highest BCUT2D eigenvalue weighted by atomic mass is 19.4. The number of rotatable bonds is 6. The summed E-state index contributed by atoms with van der Waals surface area (Å²) in [5.74, 6) is -0.623. The number of hydrogen-bond donors (Lipinski definition) is 2. The Hall–Kier alpha value is -3.33. The van der Waals surface area contributed by atoms with E-state index in [1.165, 1.54) is 30.3 Å². The molecule has 0 fully saturated rings. The molecule has 6 nitrogen and oxygen atoms in total. The monoisotopic (exact) mass is 434 g/mol. The lowest BCUT2D eigenvalue weighted by Gasteiger charge is -2.21. The lowest BCUT2D eigenvalue weighted by molar-refractivity contribution is -0.137. The van der Waals surface area contributed by atoms with Crippen molar-refractivity contribution in [3.8, 4) is 5.75 Å². The van der Waals surface area contributed by atoms with E-state index in [1.807, 2.05) is 0 Å². The number of nitrogens with zero attached hydrogens (tertiary/aromatic N) is 1. The van der Waals surface area contributed by atoms with Gasteiger partial charge in [-0.3, -0.25) is 9.69 Å². The molecule has 1 heterocycles. The molecule has 2 N–H and O–H groups in total. The summed E-state index contributed by atoms with van der Waals surface area (Å²) in [6.07, 6.45) is -4.59. The molecule has 1 aromatic heterocycles. The average Bonchev–Trinajstić information content (AvgIpc) is 2.70. The summed E-state index contributed by atoms with van der Waals surface area (Å²) in [6, 6.07) is 9.17. The molecule has 0 saturated carbocycles. The van der Waals surface area contributed by atoms with Crippen molar-refractivity contribution in [1.29, 1.82) is 0 Å². The van der Waals surface area contributed by atoms with Crippen molar-refractivity contribution in [3.63, 3.8) is 0 Å². The fourth-order valence-corrected chi connectivity index (χ4v) is 3.30. The molecule has 0 bridgehead atoms. The van der Waals surface area contributed by atoms with Crippen molar-refractivity contribution in [2.45, 2.75) is 26.6 Å². The average molecular weight is 434 g/mol. The van der Waals surface area contributed by atoms with Gasteiger partial charge in [0, 0.05) is 23.6 Å². The van der Waals surface area contributed by atoms with E-state index in [4.69, 9.17) is 4.42 Å². The zero-order chi connectivity index (χ0) is 22.8. The molecule has 0 spiro atoms. The summed E-state index contributed by atoms with van der Waals surface area (Å²) >= 11 is 0. The zero-order valence-electron chi connectivity index (χ0n) is 16.9. The number of anilines is 1. The SMILES string of the molecule is CCN(CC(=O)Nc1ccccc1C(F)(F)F)Cc1cc(=O)oc2c(C)c(O)ccc12. The Balaban J connectivity index is 1.81. The number of aromatic hydroxyl groups is 1. The van der Waals surface area contributed by atoms with Crippen LogP contribution in [0.5, 0.6) is 5.75 Å². The molecule has 9 heteroatoms. The minimum absolute atomic E-state index is 0.0112. The van der Waals surface area contributed by atoms with Crippen LogP contribution in [0.25, 0.3) is 11.0 Å². The van der Waals surface area contributed by atoms with Crippen LogP contribution in [-0.4, -0.2) is 29.0 Å². The van der Waals surface area contributed by atoms with Gasteiger partial charge >= 0.3 is 11.8 Å². The number of benzene rings is 2. The molecule has 0 radical (unpaired) electrons. The molecular formula is C22H21F3N2O4. The van der Waals surface area contributed by atoms with E-state index in [2.05, 4.69) is 5.32 Å². The molecule has 0 aliphatic carbocycles. The number of halogens is 3. The second kappa shape index (κ2) is 8.81. The van der Waals surface area contributed by atoms with Gasteiger partial charge in [0.1, 0.15) is 11.3 Å². The fourth-order valence-electron chi connectivity index (χ4n) is 3.30. The molecule has 0 aliphatic heterocycles. The summed E-state index contributed by atoms with van der Waals surface area (Å²) in [5, 5.41) is 12.8. The van der Waals surface area contributed by atoms with Crippen molar-refractivity contribution < 1.29 is 27.5 Å². The summed E-state index contributed by atoms with van der Waals surface area (Å²) < 4.78 is 44.6. The first-order chi connectivity index (χ1) is 14.6. The summed E-state index contributed by atoms with van der Waals surface area (Å²) in [4.78, 5) is 26.1. The van der Waals surface area contributed by atoms with Crippen LogP contribution in [0.3, 0.4) is 0 Å². The van der Waals surface area contributed by atoms with E-state index < -0.39 is 23.3 Å². The smallest absolute Gasteiger partial charge is 0.418 e. The van der Waals surface area contributed by atoms with Crippen molar-refractivity contribution in [2.24, 2.45) is 0 Å². The largest absolute Gasteiger partial charge is 0.508 e. The van der Waals surface area contributed by atoms with Crippen LogP contribution in [0.15, 0.2) is 51.7 Å². The standard InChI is InChI=1S/C22H21F3N2O4/c1-3-27(12-19(29)26-17-7-5-4-6-16(17)22(23,24)25)11-14-10-20(30)31-21-13(2)18(28)9-8-15(14)21/h4-10,28H,3,11-12H2,1-2H3,(H,26,29). The molecule has 0 saturated heterocycles. The molecule has 0 aliphatic rings. The molecule has 3 rings (SSSR count). The minimum Gasteiger partial charge on any atom is -0.508 e. The minimum atomic E-state index is -4.59. The molecule has 0 unspecified atom stereocenters. The van der Waals surface area contributed by atoms with Gasteiger partial charge in [0.2, 0.25) is 5.91 Å². The summed E-state index contributed by atoms with van der Waals surface area (Å²) in [6.45, 7) is 3.83. The Bertz CT molecular complexity index is 1170. The number of para-hydroxylation sites is 1. The van der Waals surface area contributed by atoms with E-state index in [0.717, 1.165) is 6.07 Å². The third-order valence-corrected chi connectivity index (χ3v) is 4.93. The second-order valence-electron chi connectivity index (χ2n) is 7.07. The predicted molar refractivity (Wildman–Crippen MR) is 110 cm³/mol. The van der Waals surface area contributed by atoms with Crippen LogP contribution in [-0.2, 0) is 17.5 Å². The molecule has 1 amide bonds. The number of carbonyl (C=O) groups is 1. The van der Waals surface area contributed by atoms with Crippen molar-refractivity contribution in [2.75, 3.05) is 18.4 Å². The van der Waals surface area contributed by atoms with Crippen molar-refractivity contribution in [1.82, 2.24) is 4.90 Å². The predicted octanol–water partition coefficient (Wildman–Crippen LogP) is 4.29. The molecule has 3 aromatic rings. The van der Waals surface area contributed by atoms with Gasteiger partial charge in [-0.2, -0.15) is 13.2 Å². The zero-order valence-corrected chi connectivity index (χ0v) is 16.9. The van der Waals surface area contributed by atoms with Crippen molar-refractivity contribution in [3.05, 3.63) is 69.6 Å². The lowest BCUT2D eigenvalue weighted by atomic mass is 10.1. The first-order valence-electron chi connectivity index (χ1n) is 9.54. The van der Waals surface area contributed by atoms with E-state index in [0.29, 0.717) is 23.1 Å². The Labute approximate surface area is 175 Å². The highest BCUT2D eigenvalue weighted by Gasteiger charge is 2.33. The van der Waals surface area contributed by atoms with Crippen LogP contribution in [0, 0.1) is 6.92 Å².